The summed E-state index contributed by atoms with van der Waals surface area (Å²) in [6.07, 6.45) is 1.46. The quantitative estimate of drug-likeness (QED) is 0.540. The first-order valence-electron chi connectivity index (χ1n) is 11.4. The molecule has 2 aromatic heterocycles. The minimum Gasteiger partial charge on any atom is -0.378 e. The maximum atomic E-state index is 13.2. The van der Waals surface area contributed by atoms with Crippen LogP contribution >= 0.6 is 11.6 Å². The number of ether oxygens (including phenoxy) is 1. The van der Waals surface area contributed by atoms with Crippen molar-refractivity contribution < 1.29 is 9.53 Å². The number of amides is 1. The fraction of sp³-hybridized carbons (Fsp3) is 0.360. The Kier molecular flexibility index (Phi) is 7.20. The van der Waals surface area contributed by atoms with Crippen LogP contribution in [-0.2, 0) is 10.2 Å². The minimum absolute atomic E-state index is 0.337. The van der Waals surface area contributed by atoms with Gasteiger partial charge in [0.25, 0.3) is 5.91 Å². The van der Waals surface area contributed by atoms with Crippen LogP contribution in [0.3, 0.4) is 0 Å². The lowest BCUT2D eigenvalue weighted by Gasteiger charge is -2.25. The van der Waals surface area contributed by atoms with E-state index in [9.17, 15) is 10.1 Å². The van der Waals surface area contributed by atoms with Gasteiger partial charge in [-0.05, 0) is 56.7 Å². The number of nitrogens with one attached hydrogen (secondary N) is 1. The van der Waals surface area contributed by atoms with Gasteiger partial charge in [-0.15, -0.1) is 5.10 Å². The molecule has 11 heteroatoms. The number of aromatic nitrogens is 4. The normalized spacial score (nSPS) is 14.6. The largest absolute Gasteiger partial charge is 0.378 e. The molecule has 1 N–H and O–H groups in total. The number of morpholine rings is 1. The standard InChI is InChI=1S/C25H25ClN8O2/c1-16(30-23(35)18-10-19(12-20(26)11-18)25(2,3)15-28)22-31-24(33-6-8-36-9-7-33)32-34(22)21-5-4-17(13-27)14-29-21/h4-5,10-12,14,16H,6-9H2,1-3H3,(H,30,35). The van der Waals surface area contributed by atoms with Crippen molar-refractivity contribution in [2.24, 2.45) is 0 Å². The summed E-state index contributed by atoms with van der Waals surface area (Å²) in [7, 11) is 0. The molecule has 0 bridgehead atoms. The Morgan fingerprint density at radius 2 is 1.97 bits per heavy atom. The predicted octanol–water partition coefficient (Wildman–Crippen LogP) is 3.32. The monoisotopic (exact) mass is 504 g/mol. The Hall–Kier alpha value is -3.99. The molecule has 3 heterocycles. The van der Waals surface area contributed by atoms with Gasteiger partial charge in [-0.1, -0.05) is 11.6 Å². The Morgan fingerprint density at radius 1 is 1.22 bits per heavy atom. The van der Waals surface area contributed by atoms with Crippen LogP contribution in [0.4, 0.5) is 5.95 Å². The molecule has 1 aromatic carbocycles. The third kappa shape index (κ3) is 5.30. The van der Waals surface area contributed by atoms with Crippen molar-refractivity contribution in [3.05, 3.63) is 64.1 Å². The van der Waals surface area contributed by atoms with Crippen molar-refractivity contribution in [3.8, 4) is 18.0 Å². The third-order valence-electron chi connectivity index (χ3n) is 5.90. The Balaban J connectivity index is 1.66. The Bertz CT molecular complexity index is 1350. The van der Waals surface area contributed by atoms with E-state index in [1.54, 1.807) is 55.8 Å². The summed E-state index contributed by atoms with van der Waals surface area (Å²) in [5.74, 6) is 1.08. The van der Waals surface area contributed by atoms with E-state index in [1.807, 2.05) is 4.90 Å². The van der Waals surface area contributed by atoms with Crippen LogP contribution in [0.25, 0.3) is 5.82 Å². The van der Waals surface area contributed by atoms with E-state index < -0.39 is 11.5 Å². The average Bonchev–Trinajstić information content (AvgIpc) is 3.34. The molecule has 1 fully saturated rings. The highest BCUT2D eigenvalue weighted by Crippen LogP contribution is 2.27. The summed E-state index contributed by atoms with van der Waals surface area (Å²) in [4.78, 5) is 24.3. The lowest BCUT2D eigenvalue weighted by Crippen LogP contribution is -2.37. The number of benzene rings is 1. The predicted molar refractivity (Wildman–Crippen MR) is 133 cm³/mol. The number of halogens is 1. The minimum atomic E-state index is -0.806. The summed E-state index contributed by atoms with van der Waals surface area (Å²) >= 11 is 6.27. The zero-order valence-electron chi connectivity index (χ0n) is 20.2. The smallest absolute Gasteiger partial charge is 0.251 e. The van der Waals surface area contributed by atoms with Crippen molar-refractivity contribution in [1.29, 1.82) is 10.5 Å². The van der Waals surface area contributed by atoms with Crippen molar-refractivity contribution >= 4 is 23.5 Å². The summed E-state index contributed by atoms with van der Waals surface area (Å²) in [5, 5.41) is 26.6. The second kappa shape index (κ2) is 10.3. The van der Waals surface area contributed by atoms with Crippen LogP contribution in [-0.4, -0.2) is 52.0 Å². The van der Waals surface area contributed by atoms with E-state index in [4.69, 9.17) is 26.6 Å². The topological polar surface area (TPSA) is 133 Å². The van der Waals surface area contributed by atoms with Gasteiger partial charge in [-0.2, -0.15) is 20.2 Å². The molecule has 1 amide bonds. The number of rotatable bonds is 6. The summed E-state index contributed by atoms with van der Waals surface area (Å²) in [6.45, 7) is 7.76. The van der Waals surface area contributed by atoms with Crippen molar-refractivity contribution in [2.75, 3.05) is 31.2 Å². The van der Waals surface area contributed by atoms with Gasteiger partial charge < -0.3 is 15.0 Å². The molecule has 0 spiro atoms. The van der Waals surface area contributed by atoms with E-state index in [2.05, 4.69) is 27.5 Å². The maximum Gasteiger partial charge on any atom is 0.251 e. The summed E-state index contributed by atoms with van der Waals surface area (Å²) in [5.41, 5.74) is 0.603. The fourth-order valence-corrected chi connectivity index (χ4v) is 3.96. The van der Waals surface area contributed by atoms with E-state index >= 15 is 0 Å². The number of anilines is 1. The number of pyridine rings is 1. The van der Waals surface area contributed by atoms with E-state index in [0.717, 1.165) is 0 Å². The maximum absolute atomic E-state index is 13.2. The molecule has 1 atom stereocenters. The van der Waals surface area contributed by atoms with Crippen molar-refractivity contribution in [3.63, 3.8) is 0 Å². The molecule has 10 nitrogen and oxygen atoms in total. The van der Waals surface area contributed by atoms with Gasteiger partial charge >= 0.3 is 0 Å². The lowest BCUT2D eigenvalue weighted by atomic mass is 9.85. The van der Waals surface area contributed by atoms with Gasteiger partial charge in [-0.3, -0.25) is 4.79 Å². The van der Waals surface area contributed by atoms with Crippen LogP contribution in [0.15, 0.2) is 36.5 Å². The van der Waals surface area contributed by atoms with Crippen LogP contribution in [0.1, 0.15) is 54.1 Å². The highest BCUT2D eigenvalue weighted by atomic mass is 35.5. The van der Waals surface area contributed by atoms with Crippen LogP contribution in [0.2, 0.25) is 5.02 Å². The zero-order valence-corrected chi connectivity index (χ0v) is 21.0. The van der Waals surface area contributed by atoms with Gasteiger partial charge in [-0.25, -0.2) is 4.98 Å². The molecule has 184 valence electrons. The molecule has 0 aliphatic carbocycles. The molecule has 36 heavy (non-hydrogen) atoms. The Labute approximate surface area is 214 Å². The molecule has 1 aliphatic heterocycles. The summed E-state index contributed by atoms with van der Waals surface area (Å²) < 4.78 is 7.00. The van der Waals surface area contributed by atoms with Gasteiger partial charge in [0.1, 0.15) is 6.07 Å². The van der Waals surface area contributed by atoms with E-state index in [1.165, 1.54) is 6.20 Å². The molecule has 1 unspecified atom stereocenters. The van der Waals surface area contributed by atoms with E-state index in [-0.39, 0.29) is 5.91 Å². The zero-order chi connectivity index (χ0) is 25.9. The third-order valence-corrected chi connectivity index (χ3v) is 6.12. The molecular formula is C25H25ClN8O2. The van der Waals surface area contributed by atoms with Crippen molar-refractivity contribution in [1.82, 2.24) is 25.1 Å². The number of carbonyl (C=O) groups excluding carboxylic acids is 1. The molecule has 0 radical (unpaired) electrons. The molecule has 1 aliphatic rings. The number of nitriles is 2. The highest BCUT2D eigenvalue weighted by Gasteiger charge is 2.26. The lowest BCUT2D eigenvalue weighted by molar-refractivity contribution is 0.0937. The molecular weight excluding hydrogens is 480 g/mol. The highest BCUT2D eigenvalue weighted by molar-refractivity contribution is 6.31. The van der Waals surface area contributed by atoms with Gasteiger partial charge in [0, 0.05) is 29.9 Å². The second-order valence-corrected chi connectivity index (χ2v) is 9.40. The van der Waals surface area contributed by atoms with Crippen molar-refractivity contribution in [2.45, 2.75) is 32.2 Å². The van der Waals surface area contributed by atoms with Crippen LogP contribution in [0.5, 0.6) is 0 Å². The van der Waals surface area contributed by atoms with Crippen LogP contribution < -0.4 is 10.2 Å². The molecule has 0 saturated carbocycles. The SMILES string of the molecule is CC(NC(=O)c1cc(Cl)cc(C(C)(C)C#N)c1)c1nc(N2CCOCC2)nn1-c1ccc(C#N)cn1. The molecule has 3 aromatic rings. The van der Waals surface area contributed by atoms with Gasteiger partial charge in [0.15, 0.2) is 11.6 Å². The number of nitrogens with zero attached hydrogens (tertiary/aromatic N) is 7. The summed E-state index contributed by atoms with van der Waals surface area (Å²) in [6, 6.07) is 12.0. The van der Waals surface area contributed by atoms with E-state index in [0.29, 0.717) is 65.6 Å². The molecule has 1 saturated heterocycles. The number of hydrogen-bond acceptors (Lipinski definition) is 8. The van der Waals surface area contributed by atoms with Crippen LogP contribution in [0, 0.1) is 22.7 Å². The van der Waals surface area contributed by atoms with Gasteiger partial charge in [0.2, 0.25) is 5.95 Å². The fourth-order valence-electron chi connectivity index (χ4n) is 3.73. The first-order valence-corrected chi connectivity index (χ1v) is 11.8. The Morgan fingerprint density at radius 3 is 2.61 bits per heavy atom. The first-order chi connectivity index (χ1) is 17.2. The first kappa shape index (κ1) is 25.1. The number of carbonyl (C=O) groups is 1. The molecule has 4 rings (SSSR count). The second-order valence-electron chi connectivity index (χ2n) is 8.96. The average molecular weight is 505 g/mol. The number of hydrogen-bond donors (Lipinski definition) is 1. The van der Waals surface area contributed by atoms with Gasteiger partial charge in [0.05, 0.1) is 36.3 Å².